The van der Waals surface area contributed by atoms with E-state index in [1.807, 2.05) is 32.0 Å². The topological polar surface area (TPSA) is 67.8 Å². The van der Waals surface area contributed by atoms with Crippen LogP contribution in [-0.4, -0.2) is 38.3 Å². The largest absolute Gasteiger partial charge is 0.493 e. The second-order valence-corrected chi connectivity index (χ2v) is 6.73. The van der Waals surface area contributed by atoms with E-state index in [9.17, 15) is 0 Å². The zero-order valence-electron chi connectivity index (χ0n) is 15.5. The van der Waals surface area contributed by atoms with Gasteiger partial charge in [0.2, 0.25) is 0 Å². The van der Waals surface area contributed by atoms with Crippen LogP contribution in [0.25, 0.3) is 0 Å². The fourth-order valence-corrected chi connectivity index (χ4v) is 3.36. The summed E-state index contributed by atoms with van der Waals surface area (Å²) in [6, 6.07) is 5.70. The number of aromatic nitrogens is 1. The zero-order chi connectivity index (χ0) is 18.2. The number of rotatable bonds is 7. The number of nitrogens with zero attached hydrogens (tertiary/aromatic N) is 2. The molecular weight excluding hydrogens is 336 g/mol. The van der Waals surface area contributed by atoms with Crippen LogP contribution in [0.4, 0.5) is 5.69 Å². The molecule has 0 atom stereocenters. The number of benzene rings is 1. The predicted octanol–water partition coefficient (Wildman–Crippen LogP) is 3.40. The Bertz CT molecular complexity index is 728. The number of hydrogen-bond donors (Lipinski definition) is 2. The number of methoxy groups -OCH3 is 2. The van der Waals surface area contributed by atoms with Crippen molar-refractivity contribution >= 4 is 23.0 Å². The highest BCUT2D eigenvalue weighted by Crippen LogP contribution is 2.29. The van der Waals surface area contributed by atoms with Gasteiger partial charge in [-0.05, 0) is 32.9 Å². The maximum Gasteiger partial charge on any atom is 0.195 e. The van der Waals surface area contributed by atoms with E-state index in [0.717, 1.165) is 35.3 Å². The smallest absolute Gasteiger partial charge is 0.195 e. The maximum absolute atomic E-state index is 5.34. The van der Waals surface area contributed by atoms with Gasteiger partial charge in [-0.1, -0.05) is 0 Å². The first-order valence-corrected chi connectivity index (χ1v) is 9.09. The molecule has 6 nitrogen and oxygen atoms in total. The first-order valence-electron chi connectivity index (χ1n) is 8.27. The van der Waals surface area contributed by atoms with Crippen LogP contribution in [0.5, 0.6) is 11.5 Å². The van der Waals surface area contributed by atoms with Crippen molar-refractivity contribution in [1.82, 2.24) is 10.3 Å². The molecule has 2 rings (SSSR count). The Hall–Kier alpha value is -2.28. The number of hydrogen-bond acceptors (Lipinski definition) is 5. The van der Waals surface area contributed by atoms with Crippen LogP contribution in [0.1, 0.15) is 22.5 Å². The summed E-state index contributed by atoms with van der Waals surface area (Å²) in [6.45, 7) is 7.62. The number of nitrogens with one attached hydrogen (secondary N) is 2. The van der Waals surface area contributed by atoms with Gasteiger partial charge in [0.15, 0.2) is 17.5 Å². The molecule has 0 fully saturated rings. The molecular formula is C18H26N4O2S. The number of aliphatic imine (C=N–C) groups is 1. The van der Waals surface area contributed by atoms with Crippen molar-refractivity contribution in [2.75, 3.05) is 32.6 Å². The summed E-state index contributed by atoms with van der Waals surface area (Å²) in [5, 5.41) is 7.66. The van der Waals surface area contributed by atoms with Crippen molar-refractivity contribution in [3.63, 3.8) is 0 Å². The van der Waals surface area contributed by atoms with Crippen LogP contribution in [0.15, 0.2) is 23.2 Å². The Labute approximate surface area is 153 Å². The highest BCUT2D eigenvalue weighted by Gasteiger charge is 2.07. The molecule has 1 heterocycles. The lowest BCUT2D eigenvalue weighted by atomic mass is 10.2. The molecule has 0 bridgehead atoms. The van der Waals surface area contributed by atoms with Gasteiger partial charge in [-0.2, -0.15) is 0 Å². The van der Waals surface area contributed by atoms with Crippen molar-refractivity contribution in [1.29, 1.82) is 0 Å². The summed E-state index contributed by atoms with van der Waals surface area (Å²) < 4.78 is 10.6. The number of thiazole rings is 1. The van der Waals surface area contributed by atoms with E-state index in [4.69, 9.17) is 9.47 Å². The quantitative estimate of drug-likeness (QED) is 0.584. The van der Waals surface area contributed by atoms with Gasteiger partial charge in [-0.3, -0.25) is 4.99 Å². The standard InChI is InChI=1S/C18H26N4O2S/c1-6-19-18(20-10-9-17-12(2)21-13(3)25-17)22-14-7-8-15(23-4)16(11-14)24-5/h7-8,11H,6,9-10H2,1-5H3,(H2,19,20,22). The van der Waals surface area contributed by atoms with Crippen molar-refractivity contribution in [2.45, 2.75) is 27.2 Å². The van der Waals surface area contributed by atoms with Gasteiger partial charge >= 0.3 is 0 Å². The van der Waals surface area contributed by atoms with Crippen LogP contribution in [0.3, 0.4) is 0 Å². The predicted molar refractivity (Wildman–Crippen MR) is 104 cm³/mol. The van der Waals surface area contributed by atoms with Crippen molar-refractivity contribution < 1.29 is 9.47 Å². The summed E-state index contributed by atoms with van der Waals surface area (Å²) in [5.41, 5.74) is 2.00. The van der Waals surface area contributed by atoms with Gasteiger partial charge in [0.1, 0.15) is 0 Å². The lowest BCUT2D eigenvalue weighted by Crippen LogP contribution is -2.30. The lowest BCUT2D eigenvalue weighted by Gasteiger charge is -2.13. The molecule has 0 aliphatic heterocycles. The number of aryl methyl sites for hydroxylation is 2. The van der Waals surface area contributed by atoms with Gasteiger partial charge in [0.05, 0.1) is 24.9 Å². The molecule has 0 saturated heterocycles. The molecule has 1 aromatic heterocycles. The van der Waals surface area contributed by atoms with E-state index >= 15 is 0 Å². The molecule has 1 aromatic carbocycles. The Balaban J connectivity index is 2.05. The molecule has 7 heteroatoms. The molecule has 0 unspecified atom stereocenters. The molecule has 0 saturated carbocycles. The SMILES string of the molecule is CCNC(=NCCc1sc(C)nc1C)Nc1ccc(OC)c(OC)c1. The molecule has 0 radical (unpaired) electrons. The highest BCUT2D eigenvalue weighted by molar-refractivity contribution is 7.11. The number of anilines is 1. The van der Waals surface area contributed by atoms with Crippen LogP contribution < -0.4 is 20.1 Å². The molecule has 0 amide bonds. The Morgan fingerprint density at radius 1 is 1.20 bits per heavy atom. The molecule has 0 aliphatic rings. The van der Waals surface area contributed by atoms with Crippen molar-refractivity contribution in [3.05, 3.63) is 33.8 Å². The van der Waals surface area contributed by atoms with Gasteiger partial charge < -0.3 is 20.1 Å². The fourth-order valence-electron chi connectivity index (χ4n) is 2.43. The average Bonchev–Trinajstić information content (AvgIpc) is 2.92. The first kappa shape index (κ1) is 19.1. The lowest BCUT2D eigenvalue weighted by molar-refractivity contribution is 0.355. The summed E-state index contributed by atoms with van der Waals surface area (Å²) in [6.07, 6.45) is 0.889. The Morgan fingerprint density at radius 2 is 1.96 bits per heavy atom. The van der Waals surface area contributed by atoms with Crippen molar-refractivity contribution in [3.8, 4) is 11.5 Å². The normalized spacial score (nSPS) is 11.3. The van der Waals surface area contributed by atoms with Crippen LogP contribution in [0.2, 0.25) is 0 Å². The summed E-state index contributed by atoms with van der Waals surface area (Å²) >= 11 is 1.74. The average molecular weight is 362 g/mol. The van der Waals surface area contributed by atoms with Crippen LogP contribution >= 0.6 is 11.3 Å². The van der Waals surface area contributed by atoms with E-state index < -0.39 is 0 Å². The molecule has 25 heavy (non-hydrogen) atoms. The zero-order valence-corrected chi connectivity index (χ0v) is 16.3. The second-order valence-electron chi connectivity index (χ2n) is 5.45. The van der Waals surface area contributed by atoms with E-state index in [-0.39, 0.29) is 0 Å². The number of guanidine groups is 1. The monoisotopic (exact) mass is 362 g/mol. The minimum atomic E-state index is 0.680. The van der Waals surface area contributed by atoms with Gasteiger partial charge in [-0.15, -0.1) is 11.3 Å². The molecule has 2 aromatic rings. The molecule has 136 valence electrons. The molecule has 0 spiro atoms. The second kappa shape index (κ2) is 9.27. The van der Waals surface area contributed by atoms with E-state index in [1.165, 1.54) is 4.88 Å². The van der Waals surface area contributed by atoms with Gasteiger partial charge in [-0.25, -0.2) is 4.98 Å². The first-order chi connectivity index (χ1) is 12.1. The molecule has 2 N–H and O–H groups in total. The van der Waals surface area contributed by atoms with Crippen LogP contribution in [-0.2, 0) is 6.42 Å². The fraction of sp³-hybridized carbons (Fsp3) is 0.444. The Morgan fingerprint density at radius 3 is 2.56 bits per heavy atom. The maximum atomic E-state index is 5.34. The van der Waals surface area contributed by atoms with Gasteiger partial charge in [0.25, 0.3) is 0 Å². The highest BCUT2D eigenvalue weighted by atomic mass is 32.1. The van der Waals surface area contributed by atoms with Crippen LogP contribution in [0, 0.1) is 13.8 Å². The third kappa shape index (κ3) is 5.35. The van der Waals surface area contributed by atoms with Crippen molar-refractivity contribution in [2.24, 2.45) is 4.99 Å². The minimum absolute atomic E-state index is 0.680. The third-order valence-electron chi connectivity index (χ3n) is 3.60. The van der Waals surface area contributed by atoms with Gasteiger partial charge in [0, 0.05) is 36.1 Å². The summed E-state index contributed by atoms with van der Waals surface area (Å²) in [4.78, 5) is 10.4. The van der Waals surface area contributed by atoms with E-state index in [1.54, 1.807) is 25.6 Å². The molecule has 0 aliphatic carbocycles. The summed E-state index contributed by atoms with van der Waals surface area (Å²) in [7, 11) is 3.25. The third-order valence-corrected chi connectivity index (χ3v) is 4.73. The van der Waals surface area contributed by atoms with E-state index in [0.29, 0.717) is 18.0 Å². The summed E-state index contributed by atoms with van der Waals surface area (Å²) in [5.74, 6) is 2.12. The number of ether oxygens (including phenoxy) is 2. The minimum Gasteiger partial charge on any atom is -0.493 e. The van der Waals surface area contributed by atoms with E-state index in [2.05, 4.69) is 27.5 Å². The Kier molecular flexibility index (Phi) is 7.06.